The van der Waals surface area contributed by atoms with E-state index in [1.807, 2.05) is 4.72 Å². The second kappa shape index (κ2) is 8.21. The molecule has 1 aliphatic rings. The lowest BCUT2D eigenvalue weighted by atomic mass is 10.2. The Kier molecular flexibility index (Phi) is 5.89. The molecular weight excluding hydrogens is 427 g/mol. The first-order chi connectivity index (χ1) is 13.7. The smallest absolute Gasteiger partial charge is 0.337 e. The quantitative estimate of drug-likeness (QED) is 0.740. The van der Waals surface area contributed by atoms with Gasteiger partial charge >= 0.3 is 12.0 Å². The summed E-state index contributed by atoms with van der Waals surface area (Å²) in [6.07, 6.45) is 1.19. The summed E-state index contributed by atoms with van der Waals surface area (Å²) in [6, 6.07) is 4.61. The number of nitrogens with one attached hydrogen (secondary N) is 1. The number of aromatic carboxylic acids is 1. The molecule has 2 aromatic rings. The number of halogens is 2. The second-order valence-electron chi connectivity index (χ2n) is 6.17. The predicted octanol–water partition coefficient (Wildman–Crippen LogP) is 1.79. The molecule has 2 N–H and O–H groups in total. The van der Waals surface area contributed by atoms with Crippen molar-refractivity contribution < 1.29 is 27.5 Å². The number of hydrogen-bond acceptors (Lipinski definition) is 6. The molecule has 0 atom stereocenters. The van der Waals surface area contributed by atoms with Gasteiger partial charge in [-0.25, -0.2) is 32.1 Å². The third kappa shape index (κ3) is 4.74. The van der Waals surface area contributed by atoms with Crippen LogP contribution in [0.4, 0.5) is 15.0 Å². The van der Waals surface area contributed by atoms with Crippen LogP contribution in [-0.4, -0.2) is 61.6 Å². The second-order valence-corrected chi connectivity index (χ2v) is 8.26. The van der Waals surface area contributed by atoms with Gasteiger partial charge in [-0.2, -0.15) is 0 Å². The first-order valence-electron chi connectivity index (χ1n) is 8.38. The number of hydrogen-bond donors (Lipinski definition) is 2. The zero-order valence-electron chi connectivity index (χ0n) is 14.9. The normalized spacial score (nSPS) is 14.6. The first-order valence-corrected chi connectivity index (χ1v) is 10.2. The van der Waals surface area contributed by atoms with E-state index in [0.29, 0.717) is 18.9 Å². The van der Waals surface area contributed by atoms with Crippen LogP contribution >= 0.6 is 11.6 Å². The van der Waals surface area contributed by atoms with Crippen molar-refractivity contribution in [3.63, 3.8) is 0 Å². The molecular formula is C17H16ClFN4O5S. The third-order valence-electron chi connectivity index (χ3n) is 4.28. The number of aromatic nitrogens is 1. The minimum atomic E-state index is -4.12. The maximum atomic E-state index is 13.0. The lowest BCUT2D eigenvalue weighted by Crippen LogP contribution is -2.53. The van der Waals surface area contributed by atoms with Crippen LogP contribution in [0.3, 0.4) is 0 Å². The van der Waals surface area contributed by atoms with E-state index in [2.05, 4.69) is 4.98 Å². The van der Waals surface area contributed by atoms with Gasteiger partial charge in [0.1, 0.15) is 11.6 Å². The van der Waals surface area contributed by atoms with Crippen molar-refractivity contribution in [2.45, 2.75) is 4.90 Å². The number of carbonyl (C=O) groups is 2. The largest absolute Gasteiger partial charge is 0.478 e. The Balaban J connectivity index is 1.62. The molecule has 2 amide bonds. The van der Waals surface area contributed by atoms with Crippen LogP contribution in [0.1, 0.15) is 10.4 Å². The average molecular weight is 443 g/mol. The molecule has 0 aliphatic carbocycles. The van der Waals surface area contributed by atoms with Crippen molar-refractivity contribution in [2.75, 3.05) is 31.1 Å². The van der Waals surface area contributed by atoms with Crippen molar-refractivity contribution in [2.24, 2.45) is 0 Å². The number of anilines is 1. The summed E-state index contributed by atoms with van der Waals surface area (Å²) in [4.78, 5) is 30.2. The van der Waals surface area contributed by atoms with Crippen LogP contribution in [0.25, 0.3) is 0 Å². The van der Waals surface area contributed by atoms with E-state index in [1.165, 1.54) is 17.2 Å². The molecule has 29 heavy (non-hydrogen) atoms. The Morgan fingerprint density at radius 2 is 1.76 bits per heavy atom. The van der Waals surface area contributed by atoms with Gasteiger partial charge in [0, 0.05) is 32.4 Å². The molecule has 1 aromatic heterocycles. The van der Waals surface area contributed by atoms with Crippen molar-refractivity contribution in [1.29, 1.82) is 0 Å². The van der Waals surface area contributed by atoms with E-state index in [9.17, 15) is 22.4 Å². The number of carboxylic acid groups (broad SMARTS) is 1. The van der Waals surface area contributed by atoms with Crippen molar-refractivity contribution in [3.05, 3.63) is 52.9 Å². The predicted molar refractivity (Wildman–Crippen MR) is 102 cm³/mol. The number of carbonyl (C=O) groups excluding carboxylic acids is 1. The zero-order chi connectivity index (χ0) is 21.2. The lowest BCUT2D eigenvalue weighted by Gasteiger charge is -2.35. The van der Waals surface area contributed by atoms with Gasteiger partial charge in [0.15, 0.2) is 0 Å². The fraction of sp³-hybridized carbons (Fsp3) is 0.235. The number of urea groups is 1. The third-order valence-corrected chi connectivity index (χ3v) is 5.89. The summed E-state index contributed by atoms with van der Waals surface area (Å²) in [7, 11) is -4.12. The highest BCUT2D eigenvalue weighted by molar-refractivity contribution is 7.90. The molecule has 0 unspecified atom stereocenters. The Morgan fingerprint density at radius 3 is 2.31 bits per heavy atom. The van der Waals surface area contributed by atoms with Gasteiger partial charge in [-0.1, -0.05) is 11.6 Å². The summed E-state index contributed by atoms with van der Waals surface area (Å²) in [6.45, 7) is 1.04. The van der Waals surface area contributed by atoms with Gasteiger partial charge in [-0.05, 0) is 30.3 Å². The number of amides is 2. The molecule has 12 heteroatoms. The van der Waals surface area contributed by atoms with E-state index in [1.54, 1.807) is 4.90 Å². The van der Waals surface area contributed by atoms with Crippen LogP contribution in [0, 0.1) is 5.82 Å². The monoisotopic (exact) mass is 442 g/mol. The summed E-state index contributed by atoms with van der Waals surface area (Å²) in [5.74, 6) is -1.35. The molecule has 154 valence electrons. The highest BCUT2D eigenvalue weighted by Gasteiger charge is 2.27. The number of nitrogens with zero attached hydrogens (tertiary/aromatic N) is 3. The van der Waals surface area contributed by atoms with Gasteiger partial charge < -0.3 is 14.9 Å². The fourth-order valence-corrected chi connectivity index (χ4v) is 4.01. The topological polar surface area (TPSA) is 120 Å². The number of carboxylic acids is 1. The van der Waals surface area contributed by atoms with Crippen LogP contribution in [0.2, 0.25) is 5.02 Å². The number of pyridine rings is 1. The first kappa shape index (κ1) is 20.8. The molecule has 1 aromatic carbocycles. The van der Waals surface area contributed by atoms with Crippen LogP contribution in [0.5, 0.6) is 0 Å². The minimum absolute atomic E-state index is 0.0391. The molecule has 0 radical (unpaired) electrons. The molecule has 1 aliphatic heterocycles. The van der Waals surface area contributed by atoms with Gasteiger partial charge in [0.05, 0.1) is 15.5 Å². The van der Waals surface area contributed by atoms with Crippen LogP contribution in [-0.2, 0) is 10.0 Å². The molecule has 9 nitrogen and oxygen atoms in total. The van der Waals surface area contributed by atoms with Gasteiger partial charge in [-0.3, -0.25) is 0 Å². The SMILES string of the molecule is O=C(O)c1cnc(N2CCN(C(=O)NS(=O)(=O)c3ccc(F)cc3)CC2)c(Cl)c1. The molecule has 0 saturated carbocycles. The summed E-state index contributed by atoms with van der Waals surface area (Å²) in [5.41, 5.74) is -0.0391. The number of piperazine rings is 1. The molecule has 2 heterocycles. The summed E-state index contributed by atoms with van der Waals surface area (Å²) >= 11 is 6.11. The number of rotatable bonds is 4. The maximum absolute atomic E-state index is 13.0. The Morgan fingerprint density at radius 1 is 1.14 bits per heavy atom. The molecule has 0 spiro atoms. The number of sulfonamides is 1. The van der Waals surface area contributed by atoms with E-state index >= 15 is 0 Å². The highest BCUT2D eigenvalue weighted by atomic mass is 35.5. The Hall–Kier alpha value is -2.92. The van der Waals surface area contributed by atoms with Gasteiger partial charge in [0.25, 0.3) is 10.0 Å². The van der Waals surface area contributed by atoms with E-state index in [4.69, 9.17) is 16.7 Å². The molecule has 1 fully saturated rings. The Bertz CT molecular complexity index is 1040. The van der Waals surface area contributed by atoms with Gasteiger partial charge in [0.2, 0.25) is 0 Å². The van der Waals surface area contributed by atoms with Crippen molar-refractivity contribution in [3.8, 4) is 0 Å². The van der Waals surface area contributed by atoms with Crippen molar-refractivity contribution in [1.82, 2.24) is 14.6 Å². The average Bonchev–Trinajstić information content (AvgIpc) is 2.68. The molecule has 0 bridgehead atoms. The minimum Gasteiger partial charge on any atom is -0.478 e. The van der Waals surface area contributed by atoms with Crippen molar-refractivity contribution >= 4 is 39.4 Å². The lowest BCUT2D eigenvalue weighted by molar-refractivity contribution is 0.0696. The molecule has 3 rings (SSSR count). The highest BCUT2D eigenvalue weighted by Crippen LogP contribution is 2.25. The number of benzene rings is 1. The van der Waals surface area contributed by atoms with E-state index < -0.39 is 27.8 Å². The maximum Gasteiger partial charge on any atom is 0.337 e. The Labute approximate surface area is 170 Å². The zero-order valence-corrected chi connectivity index (χ0v) is 16.5. The summed E-state index contributed by atoms with van der Waals surface area (Å²) in [5, 5.41) is 9.13. The van der Waals surface area contributed by atoms with Gasteiger partial charge in [-0.15, -0.1) is 0 Å². The standard InChI is InChI=1S/C17H16ClFN4O5S/c18-14-9-11(16(24)25)10-20-15(14)22-5-7-23(8-6-22)17(26)21-29(27,28)13-3-1-12(19)2-4-13/h1-4,9-10H,5-8H2,(H,21,26)(H,24,25). The van der Waals surface area contributed by atoms with E-state index in [0.717, 1.165) is 24.3 Å². The summed E-state index contributed by atoms with van der Waals surface area (Å²) < 4.78 is 39.4. The van der Waals surface area contributed by atoms with Crippen LogP contribution in [0.15, 0.2) is 41.4 Å². The van der Waals surface area contributed by atoms with Crippen LogP contribution < -0.4 is 9.62 Å². The van der Waals surface area contributed by atoms with E-state index in [-0.39, 0.29) is 28.6 Å². The fourth-order valence-electron chi connectivity index (χ4n) is 2.75. The molecule has 1 saturated heterocycles.